The molecule has 4 aromatic rings. The summed E-state index contributed by atoms with van der Waals surface area (Å²) in [4.78, 5) is 16.9. The number of pyridine rings is 1. The van der Waals surface area contributed by atoms with Crippen LogP contribution in [0, 0.1) is 11.8 Å². The molecule has 0 amide bonds. The average Bonchev–Trinajstić information content (AvgIpc) is 3.16. The highest BCUT2D eigenvalue weighted by Gasteiger charge is 2.20. The van der Waals surface area contributed by atoms with Gasteiger partial charge in [-0.15, -0.1) is 5.10 Å². The van der Waals surface area contributed by atoms with Crippen molar-refractivity contribution in [3.63, 3.8) is 0 Å². The minimum Gasteiger partial charge on any atom is -0.277 e. The van der Waals surface area contributed by atoms with Crippen molar-refractivity contribution in [3.05, 3.63) is 98.9 Å². The molecule has 0 aliphatic carbocycles. The van der Waals surface area contributed by atoms with Crippen LogP contribution in [0.2, 0.25) is 15.1 Å². The molecule has 2 aromatic carbocycles. The molecule has 0 spiro atoms. The van der Waals surface area contributed by atoms with Crippen LogP contribution in [0.3, 0.4) is 0 Å². The minimum absolute atomic E-state index is 0.138. The first-order valence-electron chi connectivity index (χ1n) is 9.11. The zero-order chi connectivity index (χ0) is 21.8. The van der Waals surface area contributed by atoms with Gasteiger partial charge in [-0.25, -0.2) is 4.68 Å². The summed E-state index contributed by atoms with van der Waals surface area (Å²) < 4.78 is 1.61. The molecule has 2 aromatic heterocycles. The third kappa shape index (κ3) is 4.95. The molecule has 0 saturated carbocycles. The molecule has 31 heavy (non-hydrogen) atoms. The van der Waals surface area contributed by atoms with Gasteiger partial charge in [0.25, 0.3) is 5.78 Å². The van der Waals surface area contributed by atoms with Crippen molar-refractivity contribution in [1.82, 2.24) is 20.0 Å². The van der Waals surface area contributed by atoms with Crippen LogP contribution in [0.4, 0.5) is 0 Å². The number of hydrogen-bond acceptors (Lipinski definition) is 4. The molecule has 0 atom stereocenters. The molecule has 0 unspecified atom stereocenters. The van der Waals surface area contributed by atoms with Gasteiger partial charge < -0.3 is 0 Å². The number of nitrogens with zero attached hydrogens (tertiary/aromatic N) is 4. The Labute approximate surface area is 193 Å². The number of ketones is 1. The Balaban J connectivity index is 1.75. The van der Waals surface area contributed by atoms with Crippen LogP contribution in [0.25, 0.3) is 11.3 Å². The monoisotopic (exact) mass is 466 g/mol. The lowest BCUT2D eigenvalue weighted by Gasteiger charge is -2.08. The van der Waals surface area contributed by atoms with Crippen LogP contribution in [-0.2, 0) is 6.54 Å². The predicted molar refractivity (Wildman–Crippen MR) is 121 cm³/mol. The third-order valence-electron chi connectivity index (χ3n) is 4.34. The number of hydrogen-bond donors (Lipinski definition) is 0. The number of aromatic nitrogens is 4. The molecular formula is C23H13Cl3N4O. The van der Waals surface area contributed by atoms with Crippen molar-refractivity contribution in [2.75, 3.05) is 0 Å². The van der Waals surface area contributed by atoms with E-state index in [4.69, 9.17) is 34.8 Å². The SMILES string of the molecule is O=C(C#Cc1ccccc1Cl)c1nnn(Cc2cc(Cl)cc(Cl)c2)c1-c1ccncc1. The maximum atomic E-state index is 12.9. The Kier molecular flexibility index (Phi) is 6.34. The van der Waals surface area contributed by atoms with Gasteiger partial charge in [-0.05, 0) is 53.9 Å². The van der Waals surface area contributed by atoms with E-state index in [1.165, 1.54) is 0 Å². The Morgan fingerprint density at radius 1 is 0.968 bits per heavy atom. The molecule has 4 rings (SSSR count). The molecule has 0 N–H and O–H groups in total. The minimum atomic E-state index is -0.470. The highest BCUT2D eigenvalue weighted by Crippen LogP contribution is 2.25. The van der Waals surface area contributed by atoms with E-state index >= 15 is 0 Å². The van der Waals surface area contributed by atoms with Crippen LogP contribution in [0.15, 0.2) is 67.0 Å². The smallest absolute Gasteiger partial charge is 0.258 e. The maximum absolute atomic E-state index is 12.9. The lowest BCUT2D eigenvalue weighted by Crippen LogP contribution is -2.06. The maximum Gasteiger partial charge on any atom is 0.258 e. The molecule has 8 heteroatoms. The van der Waals surface area contributed by atoms with Crippen molar-refractivity contribution >= 4 is 40.6 Å². The normalized spacial score (nSPS) is 10.4. The highest BCUT2D eigenvalue weighted by atomic mass is 35.5. The Hall–Kier alpha value is -3.17. The molecule has 0 aliphatic heterocycles. The molecule has 0 fully saturated rings. The highest BCUT2D eigenvalue weighted by molar-refractivity contribution is 6.34. The lowest BCUT2D eigenvalue weighted by atomic mass is 10.1. The molecule has 5 nitrogen and oxygen atoms in total. The van der Waals surface area contributed by atoms with Gasteiger partial charge in [0.2, 0.25) is 0 Å². The largest absolute Gasteiger partial charge is 0.277 e. The van der Waals surface area contributed by atoms with Gasteiger partial charge in [0.15, 0.2) is 5.69 Å². The molecule has 0 saturated heterocycles. The molecule has 0 aliphatic rings. The van der Waals surface area contributed by atoms with E-state index in [1.54, 1.807) is 71.7 Å². The standard InChI is InChI=1S/C23H13Cl3N4O/c24-18-11-15(12-19(25)13-18)14-30-23(17-7-9-27-10-8-17)22(28-29-30)21(31)6-5-16-3-1-2-4-20(16)26/h1-4,7-13H,14H2. The second-order valence-electron chi connectivity index (χ2n) is 6.52. The van der Waals surface area contributed by atoms with Gasteiger partial charge >= 0.3 is 0 Å². The van der Waals surface area contributed by atoms with Crippen molar-refractivity contribution in [2.24, 2.45) is 0 Å². The number of benzene rings is 2. The first kappa shape index (κ1) is 21.1. The quantitative estimate of drug-likeness (QED) is 0.290. The van der Waals surface area contributed by atoms with Gasteiger partial charge in [-0.1, -0.05) is 58.1 Å². The molecule has 2 heterocycles. The van der Waals surface area contributed by atoms with Gasteiger partial charge in [-0.3, -0.25) is 9.78 Å². The van der Waals surface area contributed by atoms with Gasteiger partial charge in [0.05, 0.1) is 11.6 Å². The zero-order valence-electron chi connectivity index (χ0n) is 15.9. The Morgan fingerprint density at radius 3 is 2.39 bits per heavy atom. The van der Waals surface area contributed by atoms with Crippen molar-refractivity contribution in [1.29, 1.82) is 0 Å². The number of rotatable bonds is 4. The van der Waals surface area contributed by atoms with E-state index in [0.29, 0.717) is 32.9 Å². The lowest BCUT2D eigenvalue weighted by molar-refractivity contribution is 0.105. The van der Waals surface area contributed by atoms with Crippen molar-refractivity contribution < 1.29 is 4.79 Å². The van der Waals surface area contributed by atoms with Crippen LogP contribution in [0.1, 0.15) is 21.6 Å². The average molecular weight is 468 g/mol. The molecule has 0 radical (unpaired) electrons. The summed E-state index contributed by atoms with van der Waals surface area (Å²) in [5.41, 5.74) is 2.77. The van der Waals surface area contributed by atoms with Crippen LogP contribution < -0.4 is 0 Å². The first-order valence-corrected chi connectivity index (χ1v) is 10.2. The van der Waals surface area contributed by atoms with Crippen LogP contribution in [-0.4, -0.2) is 25.8 Å². The van der Waals surface area contributed by atoms with Gasteiger partial charge in [0, 0.05) is 33.6 Å². The fourth-order valence-corrected chi connectivity index (χ4v) is 3.75. The topological polar surface area (TPSA) is 60.7 Å². The van der Waals surface area contributed by atoms with E-state index in [1.807, 2.05) is 0 Å². The summed E-state index contributed by atoms with van der Waals surface area (Å²) in [6.45, 7) is 0.316. The fourth-order valence-electron chi connectivity index (χ4n) is 2.99. The second-order valence-corrected chi connectivity index (χ2v) is 7.80. The fraction of sp³-hybridized carbons (Fsp3) is 0.0435. The molecule has 152 valence electrons. The summed E-state index contributed by atoms with van der Waals surface area (Å²) in [5, 5.41) is 9.79. The number of carbonyl (C=O) groups excluding carboxylic acids is 1. The Bertz CT molecular complexity index is 1300. The number of halogens is 3. The predicted octanol–water partition coefficient (Wildman–Crippen LogP) is 5.58. The summed E-state index contributed by atoms with van der Waals surface area (Å²) >= 11 is 18.4. The summed E-state index contributed by atoms with van der Waals surface area (Å²) in [7, 11) is 0. The van der Waals surface area contributed by atoms with E-state index in [2.05, 4.69) is 27.1 Å². The second kappa shape index (κ2) is 9.32. The number of carbonyl (C=O) groups is 1. The van der Waals surface area contributed by atoms with Crippen LogP contribution >= 0.6 is 34.8 Å². The summed E-state index contributed by atoms with van der Waals surface area (Å²) in [6.07, 6.45) is 3.26. The van der Waals surface area contributed by atoms with Crippen LogP contribution in [0.5, 0.6) is 0 Å². The molecule has 0 bridgehead atoms. The van der Waals surface area contributed by atoms with E-state index in [9.17, 15) is 4.79 Å². The third-order valence-corrected chi connectivity index (χ3v) is 5.11. The molecular weight excluding hydrogens is 455 g/mol. The summed E-state index contributed by atoms with van der Waals surface area (Å²) in [5.74, 6) is 4.95. The van der Waals surface area contributed by atoms with Gasteiger partial charge in [0.1, 0.15) is 5.69 Å². The van der Waals surface area contributed by atoms with Crippen molar-refractivity contribution in [3.8, 4) is 23.1 Å². The number of Topliss-reactive ketones (excluding diaryl/α,β-unsaturated/α-hetero) is 1. The summed E-state index contributed by atoms with van der Waals surface area (Å²) in [6, 6.07) is 15.8. The Morgan fingerprint density at radius 2 is 1.68 bits per heavy atom. The van der Waals surface area contributed by atoms with E-state index < -0.39 is 5.78 Å². The van der Waals surface area contributed by atoms with Crippen molar-refractivity contribution in [2.45, 2.75) is 6.54 Å². The van der Waals surface area contributed by atoms with E-state index in [0.717, 1.165) is 11.1 Å². The van der Waals surface area contributed by atoms with Gasteiger partial charge in [-0.2, -0.15) is 0 Å². The zero-order valence-corrected chi connectivity index (χ0v) is 18.2. The first-order chi connectivity index (χ1) is 15.0. The van der Waals surface area contributed by atoms with E-state index in [-0.39, 0.29) is 5.69 Å².